The van der Waals surface area contributed by atoms with Crippen LogP contribution in [0, 0.1) is 22.7 Å². The van der Waals surface area contributed by atoms with Gasteiger partial charge in [0.25, 0.3) is 0 Å². The van der Waals surface area contributed by atoms with Gasteiger partial charge in [-0.1, -0.05) is 41.5 Å². The first-order chi connectivity index (χ1) is 12.9. The molecule has 0 bridgehead atoms. The van der Waals surface area contributed by atoms with Gasteiger partial charge in [-0.05, 0) is 74.0 Å². The molecule has 0 spiro atoms. The zero-order chi connectivity index (χ0) is 20.9. The Bertz CT molecular complexity index is 482. The maximum absolute atomic E-state index is 11.9. The zero-order valence-electron chi connectivity index (χ0n) is 18.4. The Hall–Kier alpha value is -1.46. The van der Waals surface area contributed by atoms with E-state index >= 15 is 0 Å². The van der Waals surface area contributed by atoms with Gasteiger partial charge in [-0.3, -0.25) is 0 Å². The summed E-state index contributed by atoms with van der Waals surface area (Å²) < 4.78 is 10.6. The molecule has 0 N–H and O–H groups in total. The van der Waals surface area contributed by atoms with Gasteiger partial charge in [0, 0.05) is 0 Å². The Labute approximate surface area is 169 Å². The molecular weight excluding hydrogens is 360 g/mol. The van der Waals surface area contributed by atoms with E-state index in [2.05, 4.69) is 51.3 Å². The molecule has 28 heavy (non-hydrogen) atoms. The van der Waals surface area contributed by atoms with Crippen molar-refractivity contribution in [2.75, 3.05) is 0 Å². The van der Waals surface area contributed by atoms with E-state index in [0.29, 0.717) is 11.8 Å². The molecule has 6 nitrogen and oxygen atoms in total. The molecule has 2 fully saturated rings. The summed E-state index contributed by atoms with van der Waals surface area (Å²) in [5, 5.41) is 0. The van der Waals surface area contributed by atoms with Crippen LogP contribution in [0.2, 0.25) is 0 Å². The highest BCUT2D eigenvalue weighted by molar-refractivity contribution is 5.63. The molecule has 4 atom stereocenters. The Kier molecular flexibility index (Phi) is 7.63. The lowest BCUT2D eigenvalue weighted by Crippen LogP contribution is -2.33. The van der Waals surface area contributed by atoms with Gasteiger partial charge in [-0.2, -0.15) is 19.4 Å². The second-order valence-electron chi connectivity index (χ2n) is 10.6. The van der Waals surface area contributed by atoms with Gasteiger partial charge in [0.1, 0.15) is 12.2 Å². The minimum absolute atomic E-state index is 0.178. The minimum atomic E-state index is -0.979. The van der Waals surface area contributed by atoms with E-state index in [0.717, 1.165) is 51.4 Å². The summed E-state index contributed by atoms with van der Waals surface area (Å²) in [6.07, 6.45) is 5.17. The molecule has 0 aromatic heterocycles. The topological polar surface area (TPSA) is 71.1 Å². The minimum Gasteiger partial charge on any atom is -0.428 e. The Morgan fingerprint density at radius 1 is 0.643 bits per heavy atom. The standard InChI is InChI=1S/C22H38O6/c1-21(2,3)15-9-7-11-17(13-15)25-19(23)27-28-20(24)26-18-12-8-10-16(14-18)22(4,5)6/h15-18H,7-14H2,1-6H3. The number of carbonyl (C=O) groups is 2. The molecule has 0 heterocycles. The largest absolute Gasteiger partial charge is 0.550 e. The Morgan fingerprint density at radius 3 is 1.32 bits per heavy atom. The maximum atomic E-state index is 11.9. The van der Waals surface area contributed by atoms with E-state index < -0.39 is 12.3 Å². The van der Waals surface area contributed by atoms with Crippen molar-refractivity contribution in [1.82, 2.24) is 0 Å². The van der Waals surface area contributed by atoms with Crippen LogP contribution >= 0.6 is 0 Å². The van der Waals surface area contributed by atoms with Crippen molar-refractivity contribution in [3.63, 3.8) is 0 Å². The summed E-state index contributed by atoms with van der Waals surface area (Å²) >= 11 is 0. The second kappa shape index (κ2) is 9.36. The van der Waals surface area contributed by atoms with E-state index in [9.17, 15) is 9.59 Å². The fourth-order valence-electron chi connectivity index (χ4n) is 4.46. The van der Waals surface area contributed by atoms with Crippen LogP contribution in [0.3, 0.4) is 0 Å². The number of carbonyl (C=O) groups excluding carboxylic acids is 2. The van der Waals surface area contributed by atoms with Crippen LogP contribution in [-0.2, 0) is 19.2 Å². The molecular formula is C22H38O6. The lowest BCUT2D eigenvalue weighted by atomic mass is 9.71. The van der Waals surface area contributed by atoms with E-state index in [1.807, 2.05) is 0 Å². The number of hydrogen-bond donors (Lipinski definition) is 0. The lowest BCUT2D eigenvalue weighted by Gasteiger charge is -2.37. The fraction of sp³-hybridized carbons (Fsp3) is 0.909. The van der Waals surface area contributed by atoms with Crippen LogP contribution in [0.5, 0.6) is 0 Å². The first kappa shape index (κ1) is 22.8. The molecule has 0 radical (unpaired) electrons. The van der Waals surface area contributed by atoms with Crippen molar-refractivity contribution in [3.05, 3.63) is 0 Å². The monoisotopic (exact) mass is 398 g/mol. The molecule has 2 aliphatic carbocycles. The van der Waals surface area contributed by atoms with Crippen molar-refractivity contribution < 1.29 is 28.8 Å². The molecule has 2 aliphatic rings. The van der Waals surface area contributed by atoms with Gasteiger partial charge in [-0.15, -0.1) is 0 Å². The van der Waals surface area contributed by atoms with Crippen LogP contribution in [0.25, 0.3) is 0 Å². The third-order valence-electron chi connectivity index (χ3n) is 6.41. The molecule has 0 aromatic carbocycles. The molecule has 0 saturated heterocycles. The number of ether oxygens (including phenoxy) is 2. The smallest absolute Gasteiger partial charge is 0.428 e. The maximum Gasteiger partial charge on any atom is 0.550 e. The van der Waals surface area contributed by atoms with Crippen molar-refractivity contribution in [3.8, 4) is 0 Å². The van der Waals surface area contributed by atoms with E-state index in [-0.39, 0.29) is 23.0 Å². The summed E-state index contributed by atoms with van der Waals surface area (Å²) in [6.45, 7) is 13.2. The average molecular weight is 399 g/mol. The summed E-state index contributed by atoms with van der Waals surface area (Å²) in [5.74, 6) is 0.985. The Morgan fingerprint density at radius 2 is 1.00 bits per heavy atom. The highest BCUT2D eigenvalue weighted by Gasteiger charge is 2.34. The fourth-order valence-corrected chi connectivity index (χ4v) is 4.46. The third-order valence-corrected chi connectivity index (χ3v) is 6.41. The highest BCUT2D eigenvalue weighted by Crippen LogP contribution is 2.39. The SMILES string of the molecule is CC(C)(C)C1CCCC(OC(=O)OOC(=O)OC2CCCC(C(C)(C)C)C2)C1. The summed E-state index contributed by atoms with van der Waals surface area (Å²) in [7, 11) is 0. The van der Waals surface area contributed by atoms with Crippen LogP contribution < -0.4 is 0 Å². The molecule has 6 heteroatoms. The van der Waals surface area contributed by atoms with Gasteiger partial charge >= 0.3 is 12.3 Å². The third kappa shape index (κ3) is 7.17. The molecule has 0 amide bonds. The zero-order valence-corrected chi connectivity index (χ0v) is 18.4. The van der Waals surface area contributed by atoms with Crippen molar-refractivity contribution in [2.24, 2.45) is 22.7 Å². The summed E-state index contributed by atoms with van der Waals surface area (Å²) in [4.78, 5) is 32.8. The molecule has 4 unspecified atom stereocenters. The van der Waals surface area contributed by atoms with Crippen LogP contribution in [-0.4, -0.2) is 24.5 Å². The van der Waals surface area contributed by atoms with Gasteiger partial charge in [0.2, 0.25) is 0 Å². The van der Waals surface area contributed by atoms with E-state index in [1.165, 1.54) is 0 Å². The van der Waals surface area contributed by atoms with Gasteiger partial charge in [-0.25, -0.2) is 0 Å². The lowest BCUT2D eigenvalue weighted by molar-refractivity contribution is -0.227. The number of rotatable bonds is 2. The number of hydrogen-bond acceptors (Lipinski definition) is 6. The first-order valence-corrected chi connectivity index (χ1v) is 10.7. The summed E-state index contributed by atoms with van der Waals surface area (Å²) in [5.41, 5.74) is 0.355. The van der Waals surface area contributed by atoms with Crippen LogP contribution in [0.1, 0.15) is 92.9 Å². The quantitative estimate of drug-likeness (QED) is 0.304. The predicted octanol–water partition coefficient (Wildman–Crippen LogP) is 6.42. The van der Waals surface area contributed by atoms with Crippen molar-refractivity contribution >= 4 is 12.3 Å². The van der Waals surface area contributed by atoms with Crippen molar-refractivity contribution in [1.29, 1.82) is 0 Å². The van der Waals surface area contributed by atoms with Gasteiger partial charge in [0.15, 0.2) is 0 Å². The first-order valence-electron chi connectivity index (χ1n) is 10.7. The highest BCUT2D eigenvalue weighted by atomic mass is 17.3. The molecule has 162 valence electrons. The van der Waals surface area contributed by atoms with Crippen molar-refractivity contribution in [2.45, 2.75) is 105 Å². The predicted molar refractivity (Wildman–Crippen MR) is 106 cm³/mol. The molecule has 2 rings (SSSR count). The molecule has 0 aliphatic heterocycles. The average Bonchev–Trinajstić information content (AvgIpc) is 2.59. The summed E-state index contributed by atoms with van der Waals surface area (Å²) in [6, 6.07) is 0. The molecule has 0 aromatic rings. The van der Waals surface area contributed by atoms with Gasteiger partial charge in [0.05, 0.1) is 0 Å². The van der Waals surface area contributed by atoms with E-state index in [1.54, 1.807) is 0 Å². The second-order valence-corrected chi connectivity index (χ2v) is 10.6. The molecule has 2 saturated carbocycles. The normalized spacial score (nSPS) is 28.9. The van der Waals surface area contributed by atoms with Gasteiger partial charge < -0.3 is 9.47 Å². The van der Waals surface area contributed by atoms with Crippen LogP contribution in [0.4, 0.5) is 9.59 Å². The van der Waals surface area contributed by atoms with Crippen LogP contribution in [0.15, 0.2) is 0 Å². The Balaban J connectivity index is 1.70. The van der Waals surface area contributed by atoms with E-state index in [4.69, 9.17) is 9.47 Å².